The summed E-state index contributed by atoms with van der Waals surface area (Å²) < 4.78 is 27.1. The molecular weight excluding hydrogens is 618 g/mol. The molecule has 12 nitrogen and oxygen atoms in total. The molecule has 1 unspecified atom stereocenters. The minimum atomic E-state index is -3.77. The lowest BCUT2D eigenvalue weighted by Crippen LogP contribution is -2.49. The maximum atomic E-state index is 14.2. The zero-order valence-electron chi connectivity index (χ0n) is 23.3. The fourth-order valence-corrected chi connectivity index (χ4v) is 6.94. The molecule has 1 aliphatic heterocycles. The third kappa shape index (κ3) is 8.58. The van der Waals surface area contributed by atoms with Gasteiger partial charge in [0, 0.05) is 25.3 Å². The first kappa shape index (κ1) is 32.5. The number of amides is 2. The summed E-state index contributed by atoms with van der Waals surface area (Å²) in [6.45, 7) is 2.08. The van der Waals surface area contributed by atoms with Gasteiger partial charge in [-0.2, -0.15) is 0 Å². The van der Waals surface area contributed by atoms with Crippen molar-refractivity contribution in [2.75, 3.05) is 13.1 Å². The summed E-state index contributed by atoms with van der Waals surface area (Å²) in [7, 11) is -3.77. The molecule has 2 fully saturated rings. The van der Waals surface area contributed by atoms with E-state index < -0.39 is 37.2 Å². The van der Waals surface area contributed by atoms with Crippen molar-refractivity contribution in [3.63, 3.8) is 0 Å². The first-order chi connectivity index (χ1) is 20.5. The first-order valence-electron chi connectivity index (χ1n) is 13.7. The Morgan fingerprint density at radius 1 is 1.05 bits per heavy atom. The van der Waals surface area contributed by atoms with Gasteiger partial charge in [-0.1, -0.05) is 47.5 Å². The highest BCUT2D eigenvalue weighted by Crippen LogP contribution is 2.49. The fourth-order valence-electron chi connectivity index (χ4n) is 4.28. The van der Waals surface area contributed by atoms with Crippen LogP contribution in [0.25, 0.3) is 0 Å². The van der Waals surface area contributed by atoms with Gasteiger partial charge in [0.25, 0.3) is 11.8 Å². The predicted octanol–water partition coefficient (Wildman–Crippen LogP) is 3.99. The molecule has 0 radical (unpaired) electrons. The molecule has 230 valence electrons. The van der Waals surface area contributed by atoms with E-state index in [9.17, 15) is 18.9 Å². The van der Waals surface area contributed by atoms with Gasteiger partial charge in [0.15, 0.2) is 0 Å². The molecule has 6 N–H and O–H groups in total. The molecule has 2 amide bonds. The van der Waals surface area contributed by atoms with Crippen molar-refractivity contribution >= 4 is 54.4 Å². The van der Waals surface area contributed by atoms with Crippen LogP contribution in [0.5, 0.6) is 5.75 Å². The lowest BCUT2D eigenvalue weighted by atomic mass is 10.1. The Labute approximate surface area is 259 Å². The lowest BCUT2D eigenvalue weighted by Gasteiger charge is -2.37. The summed E-state index contributed by atoms with van der Waals surface area (Å²) in [6.07, 6.45) is 3.21. The van der Waals surface area contributed by atoms with Gasteiger partial charge < -0.3 is 25.6 Å². The van der Waals surface area contributed by atoms with E-state index in [1.807, 2.05) is 0 Å². The highest BCUT2D eigenvalue weighted by atomic mass is 35.5. The van der Waals surface area contributed by atoms with Crippen LogP contribution in [0.15, 0.2) is 60.4 Å². The first-order valence-corrected chi connectivity index (χ1v) is 16.0. The number of hydrogen-bond donors (Lipinski definition) is 5. The lowest BCUT2D eigenvalue weighted by molar-refractivity contribution is -0.146. The SMILES string of the molecule is C[C@H](NP(=O)(Oc1ccccc1)N1CCC(NC(=O)C(=N)/C(=C\N)NC(=O)c2c(Cl)cccc2Cl)CC1)C(=O)OC1CC1. The van der Waals surface area contributed by atoms with Crippen LogP contribution < -0.4 is 26.0 Å². The van der Waals surface area contributed by atoms with E-state index in [1.165, 1.54) is 12.1 Å². The molecule has 2 aromatic rings. The van der Waals surface area contributed by atoms with Crippen LogP contribution >= 0.6 is 30.9 Å². The number of para-hydroxylation sites is 1. The number of piperidine rings is 1. The Kier molecular flexibility index (Phi) is 10.9. The summed E-state index contributed by atoms with van der Waals surface area (Å²) in [4.78, 5) is 38.1. The third-order valence-electron chi connectivity index (χ3n) is 6.77. The van der Waals surface area contributed by atoms with Crippen LogP contribution in [0.2, 0.25) is 10.0 Å². The van der Waals surface area contributed by atoms with Crippen molar-refractivity contribution < 1.29 is 28.2 Å². The van der Waals surface area contributed by atoms with E-state index in [0.717, 1.165) is 19.0 Å². The van der Waals surface area contributed by atoms with E-state index in [2.05, 4.69) is 15.7 Å². The van der Waals surface area contributed by atoms with Gasteiger partial charge in [0.05, 0.1) is 21.3 Å². The van der Waals surface area contributed by atoms with Gasteiger partial charge in [-0.25, -0.2) is 14.3 Å². The van der Waals surface area contributed by atoms with Crippen LogP contribution in [-0.4, -0.2) is 59.4 Å². The number of carbonyl (C=O) groups excluding carboxylic acids is 3. The highest BCUT2D eigenvalue weighted by Gasteiger charge is 2.40. The summed E-state index contributed by atoms with van der Waals surface area (Å²) in [6, 6.07) is 11.9. The smallest absolute Gasteiger partial charge is 0.393 e. The average molecular weight is 651 g/mol. The third-order valence-corrected chi connectivity index (χ3v) is 9.72. The fraction of sp³-hybridized carbons (Fsp3) is 0.357. The Hall–Kier alpha value is -3.41. The Morgan fingerprint density at radius 3 is 2.26 bits per heavy atom. The van der Waals surface area contributed by atoms with Gasteiger partial charge >= 0.3 is 13.6 Å². The van der Waals surface area contributed by atoms with E-state index in [4.69, 9.17) is 43.6 Å². The number of ether oxygens (including phenoxy) is 1. The topological polar surface area (TPSA) is 176 Å². The summed E-state index contributed by atoms with van der Waals surface area (Å²) in [5.41, 5.74) is 4.80. The second-order valence-corrected chi connectivity index (χ2v) is 13.0. The molecule has 2 atom stereocenters. The van der Waals surface area contributed by atoms with Gasteiger partial charge in [0.1, 0.15) is 23.6 Å². The van der Waals surface area contributed by atoms with Crippen LogP contribution in [0.3, 0.4) is 0 Å². The number of carbonyl (C=O) groups is 3. The number of benzene rings is 2. The average Bonchev–Trinajstić information content (AvgIpc) is 3.80. The van der Waals surface area contributed by atoms with Gasteiger partial charge in [-0.15, -0.1) is 0 Å². The molecule has 1 heterocycles. The standard InChI is InChI=1S/C28H33Cl2N6O6P/c1-17(28(39)41-19-10-11-19)35-43(40,42-20-6-3-2-4-7-20)36-14-12-18(13-15-36)33-27(38)25(32)23(16-31)34-26(37)24-21(29)8-5-9-22(24)30/h2-9,16-19,32H,10-15,31H2,1H3,(H,33,38)(H,34,37)(H,35,40)/b23-16+,32-25?/t17-,43?/m0/s1. The molecule has 15 heteroatoms. The van der Waals surface area contributed by atoms with Crippen LogP contribution in [0, 0.1) is 5.41 Å². The summed E-state index contributed by atoms with van der Waals surface area (Å²) in [5.74, 6) is -1.63. The van der Waals surface area contributed by atoms with Gasteiger partial charge in [-0.05, 0) is 56.9 Å². The second kappa shape index (κ2) is 14.4. The molecule has 4 rings (SSSR count). The zero-order chi connectivity index (χ0) is 31.1. The monoisotopic (exact) mass is 650 g/mol. The minimum absolute atomic E-state index is 0.0170. The maximum absolute atomic E-state index is 14.2. The quantitative estimate of drug-likeness (QED) is 0.129. The molecule has 2 aliphatic rings. The van der Waals surface area contributed by atoms with Gasteiger partial charge in [-0.3, -0.25) is 19.8 Å². The van der Waals surface area contributed by atoms with Crippen molar-refractivity contribution in [1.82, 2.24) is 20.4 Å². The highest BCUT2D eigenvalue weighted by molar-refractivity contribution is 7.54. The summed E-state index contributed by atoms with van der Waals surface area (Å²) in [5, 5.41) is 16.5. The van der Waals surface area contributed by atoms with E-state index >= 15 is 0 Å². The van der Waals surface area contributed by atoms with Crippen molar-refractivity contribution in [3.05, 3.63) is 76.0 Å². The molecule has 0 aromatic heterocycles. The molecule has 0 spiro atoms. The number of nitrogens with one attached hydrogen (secondary N) is 4. The molecule has 1 saturated carbocycles. The number of rotatable bonds is 12. The number of nitrogens with zero attached hydrogens (tertiary/aromatic N) is 1. The van der Waals surface area contributed by atoms with Crippen LogP contribution in [-0.2, 0) is 18.9 Å². The Morgan fingerprint density at radius 2 is 1.67 bits per heavy atom. The van der Waals surface area contributed by atoms with E-state index in [1.54, 1.807) is 48.0 Å². The molecule has 43 heavy (non-hydrogen) atoms. The van der Waals surface area contributed by atoms with Crippen LogP contribution in [0.1, 0.15) is 43.0 Å². The second-order valence-electron chi connectivity index (χ2n) is 10.1. The van der Waals surface area contributed by atoms with Crippen molar-refractivity contribution in [2.24, 2.45) is 5.73 Å². The predicted molar refractivity (Wildman–Crippen MR) is 163 cm³/mol. The zero-order valence-corrected chi connectivity index (χ0v) is 25.8. The maximum Gasteiger partial charge on any atom is 0.393 e. The largest absolute Gasteiger partial charge is 0.461 e. The van der Waals surface area contributed by atoms with E-state index in [0.29, 0.717) is 18.6 Å². The minimum Gasteiger partial charge on any atom is -0.461 e. The Bertz CT molecular complexity index is 1430. The van der Waals surface area contributed by atoms with Crippen molar-refractivity contribution in [2.45, 2.75) is 50.8 Å². The van der Waals surface area contributed by atoms with Crippen LogP contribution in [0.4, 0.5) is 0 Å². The van der Waals surface area contributed by atoms with Gasteiger partial charge in [0.2, 0.25) is 0 Å². The number of hydrogen-bond acceptors (Lipinski definition) is 8. The molecule has 1 aliphatic carbocycles. The molecule has 0 bridgehead atoms. The number of esters is 1. The number of nitrogens with two attached hydrogens (primary N) is 1. The Balaban J connectivity index is 1.36. The van der Waals surface area contributed by atoms with Crippen molar-refractivity contribution in [1.29, 1.82) is 5.41 Å². The molecule has 2 aromatic carbocycles. The molecule has 1 saturated heterocycles. The van der Waals surface area contributed by atoms with Crippen molar-refractivity contribution in [3.8, 4) is 5.75 Å². The molecular formula is C28H33Cl2N6O6P. The van der Waals surface area contributed by atoms with E-state index in [-0.39, 0.29) is 46.5 Å². The normalized spacial score (nSPS) is 18.2. The number of halogens is 2. The summed E-state index contributed by atoms with van der Waals surface area (Å²) >= 11 is 12.2.